The van der Waals surface area contributed by atoms with Crippen LogP contribution in [0.1, 0.15) is 38.1 Å². The van der Waals surface area contributed by atoms with E-state index in [9.17, 15) is 13.2 Å². The zero-order chi connectivity index (χ0) is 27.3. The standard InChI is InChI=1S/C22H26N8O.C2HF3O2/c23-11-6-12-25-16-13-26-17(14-7-2-1-3-8-14)18-20(16)30(15-9-4-5-10-15)22(27-18)19-21(24)29-31-28-19;3-2(4,5)1(6)7/h1-3,7-8,13,15,25H,4-6,9-12,23H2,(H2,24,29);(H,6,7). The van der Waals surface area contributed by atoms with Crippen molar-refractivity contribution in [2.75, 3.05) is 24.1 Å². The maximum atomic E-state index is 10.6. The molecule has 0 spiro atoms. The number of benzene rings is 1. The summed E-state index contributed by atoms with van der Waals surface area (Å²) >= 11 is 0. The van der Waals surface area contributed by atoms with Gasteiger partial charge in [0, 0.05) is 18.2 Å². The molecule has 11 nitrogen and oxygen atoms in total. The largest absolute Gasteiger partial charge is 0.490 e. The lowest BCUT2D eigenvalue weighted by molar-refractivity contribution is -0.192. The van der Waals surface area contributed by atoms with Crippen LogP contribution in [0.15, 0.2) is 41.2 Å². The van der Waals surface area contributed by atoms with Gasteiger partial charge in [0.2, 0.25) is 0 Å². The van der Waals surface area contributed by atoms with Crippen LogP contribution < -0.4 is 16.8 Å². The third kappa shape index (κ3) is 5.69. The normalized spacial score (nSPS) is 13.9. The third-order valence-electron chi connectivity index (χ3n) is 6.11. The van der Waals surface area contributed by atoms with Gasteiger partial charge in [-0.05, 0) is 36.1 Å². The highest BCUT2D eigenvalue weighted by Crippen LogP contribution is 2.41. The van der Waals surface area contributed by atoms with E-state index in [1.54, 1.807) is 0 Å². The molecule has 6 N–H and O–H groups in total. The SMILES string of the molecule is NCCCNc1cnc(-c2ccccc2)c2nc(-c3nonc3N)n(C3CCCC3)c12.O=C(O)C(F)(F)F. The van der Waals surface area contributed by atoms with Crippen LogP contribution in [0, 0.1) is 0 Å². The van der Waals surface area contributed by atoms with Crippen LogP contribution in [0.5, 0.6) is 0 Å². The van der Waals surface area contributed by atoms with E-state index in [1.165, 1.54) is 12.8 Å². The average molecular weight is 533 g/mol. The van der Waals surface area contributed by atoms with Crippen molar-refractivity contribution in [1.82, 2.24) is 24.8 Å². The molecule has 0 aliphatic heterocycles. The number of nitrogens with zero attached hydrogens (tertiary/aromatic N) is 5. The summed E-state index contributed by atoms with van der Waals surface area (Å²) in [5.41, 5.74) is 16.8. The quantitative estimate of drug-likeness (QED) is 0.252. The molecule has 3 aromatic heterocycles. The Labute approximate surface area is 215 Å². The zero-order valence-electron chi connectivity index (χ0n) is 20.3. The fourth-order valence-electron chi connectivity index (χ4n) is 4.40. The number of pyridine rings is 1. The molecule has 3 heterocycles. The molecular weight excluding hydrogens is 505 g/mol. The Morgan fingerprint density at radius 3 is 2.42 bits per heavy atom. The number of hydrogen-bond donors (Lipinski definition) is 4. The first-order valence-electron chi connectivity index (χ1n) is 12.0. The second kappa shape index (κ2) is 11.5. The average Bonchev–Trinajstić information content (AvgIpc) is 3.64. The number of rotatable bonds is 7. The van der Waals surface area contributed by atoms with Crippen LogP contribution in [-0.4, -0.2) is 55.2 Å². The van der Waals surface area contributed by atoms with E-state index in [2.05, 4.69) is 20.2 Å². The van der Waals surface area contributed by atoms with Crippen molar-refractivity contribution in [3.63, 3.8) is 0 Å². The minimum absolute atomic E-state index is 0.237. The number of carboxylic acids is 1. The van der Waals surface area contributed by atoms with Crippen LogP contribution in [0.3, 0.4) is 0 Å². The number of nitrogens with one attached hydrogen (secondary N) is 1. The first-order valence-corrected chi connectivity index (χ1v) is 12.0. The molecule has 5 rings (SSSR count). The Morgan fingerprint density at radius 1 is 1.16 bits per heavy atom. The van der Waals surface area contributed by atoms with Crippen LogP contribution in [0.2, 0.25) is 0 Å². The monoisotopic (exact) mass is 532 g/mol. The maximum Gasteiger partial charge on any atom is 0.490 e. The number of hydrogen-bond acceptors (Lipinski definition) is 9. The lowest BCUT2D eigenvalue weighted by Crippen LogP contribution is -2.21. The van der Waals surface area contributed by atoms with Crippen LogP contribution >= 0.6 is 0 Å². The van der Waals surface area contributed by atoms with Gasteiger partial charge in [0.1, 0.15) is 5.52 Å². The van der Waals surface area contributed by atoms with E-state index in [-0.39, 0.29) is 5.82 Å². The molecule has 14 heteroatoms. The molecule has 1 fully saturated rings. The highest BCUT2D eigenvalue weighted by Gasteiger charge is 2.38. The molecule has 0 amide bonds. The number of anilines is 2. The summed E-state index contributed by atoms with van der Waals surface area (Å²) in [4.78, 5) is 18.7. The number of aliphatic carboxylic acids is 1. The smallest absolute Gasteiger partial charge is 0.475 e. The summed E-state index contributed by atoms with van der Waals surface area (Å²) in [5, 5.41) is 18.5. The molecule has 1 aromatic carbocycles. The molecule has 4 aromatic rings. The molecular formula is C24H27F3N8O3. The number of aromatic nitrogens is 5. The summed E-state index contributed by atoms with van der Waals surface area (Å²) in [6, 6.07) is 10.4. The Kier molecular flexibility index (Phi) is 8.10. The van der Waals surface area contributed by atoms with Crippen molar-refractivity contribution in [2.24, 2.45) is 5.73 Å². The van der Waals surface area contributed by atoms with E-state index >= 15 is 0 Å². The predicted molar refractivity (Wildman–Crippen MR) is 134 cm³/mol. The number of alkyl halides is 3. The summed E-state index contributed by atoms with van der Waals surface area (Å²) in [6.45, 7) is 1.39. The second-order valence-corrected chi connectivity index (χ2v) is 8.70. The first-order chi connectivity index (χ1) is 18.2. The molecule has 38 heavy (non-hydrogen) atoms. The third-order valence-corrected chi connectivity index (χ3v) is 6.11. The van der Waals surface area contributed by atoms with Gasteiger partial charge in [0.05, 0.1) is 23.1 Å². The van der Waals surface area contributed by atoms with Crippen molar-refractivity contribution in [3.05, 3.63) is 36.5 Å². The number of nitrogen functional groups attached to an aromatic ring is 1. The lowest BCUT2D eigenvalue weighted by Gasteiger charge is -2.18. The van der Waals surface area contributed by atoms with Gasteiger partial charge < -0.3 is 26.5 Å². The Bertz CT molecular complexity index is 1380. The van der Waals surface area contributed by atoms with E-state index in [0.29, 0.717) is 24.1 Å². The van der Waals surface area contributed by atoms with Crippen molar-refractivity contribution in [3.8, 4) is 22.8 Å². The maximum absolute atomic E-state index is 10.6. The lowest BCUT2D eigenvalue weighted by atomic mass is 10.1. The van der Waals surface area contributed by atoms with Crippen molar-refractivity contribution >= 4 is 28.5 Å². The topological polar surface area (TPSA) is 171 Å². The highest BCUT2D eigenvalue weighted by molar-refractivity contribution is 5.99. The van der Waals surface area contributed by atoms with Gasteiger partial charge in [-0.1, -0.05) is 43.2 Å². The highest BCUT2D eigenvalue weighted by atomic mass is 19.4. The molecule has 1 saturated carbocycles. The number of carbonyl (C=O) groups is 1. The van der Waals surface area contributed by atoms with Crippen molar-refractivity contribution in [1.29, 1.82) is 0 Å². The number of imidazole rings is 1. The summed E-state index contributed by atoms with van der Waals surface area (Å²) < 4.78 is 38.9. The van der Waals surface area contributed by atoms with Crippen LogP contribution in [0.25, 0.3) is 33.8 Å². The van der Waals surface area contributed by atoms with Crippen molar-refractivity contribution < 1.29 is 27.7 Å². The second-order valence-electron chi connectivity index (χ2n) is 8.70. The summed E-state index contributed by atoms with van der Waals surface area (Å²) in [7, 11) is 0. The molecule has 0 saturated heterocycles. The molecule has 1 aliphatic rings. The van der Waals surface area contributed by atoms with Gasteiger partial charge in [-0.2, -0.15) is 13.2 Å². The number of nitrogens with two attached hydrogens (primary N) is 2. The molecule has 0 radical (unpaired) electrons. The molecule has 1 aliphatic carbocycles. The first kappa shape index (κ1) is 26.9. The predicted octanol–water partition coefficient (Wildman–Crippen LogP) is 4.24. The van der Waals surface area contributed by atoms with Gasteiger partial charge in [-0.15, -0.1) is 0 Å². The van der Waals surface area contributed by atoms with Gasteiger partial charge in [-0.3, -0.25) is 4.98 Å². The molecule has 0 atom stereocenters. The zero-order valence-corrected chi connectivity index (χ0v) is 20.3. The van der Waals surface area contributed by atoms with Gasteiger partial charge in [0.15, 0.2) is 17.3 Å². The fraction of sp³-hybridized carbons (Fsp3) is 0.375. The Morgan fingerprint density at radius 2 is 1.84 bits per heavy atom. The number of fused-ring (bicyclic) bond motifs is 1. The van der Waals surface area contributed by atoms with Crippen LogP contribution in [0.4, 0.5) is 24.7 Å². The summed E-state index contributed by atoms with van der Waals surface area (Å²) in [5.74, 6) is -1.85. The summed E-state index contributed by atoms with van der Waals surface area (Å²) in [6.07, 6.45) is 2.20. The minimum Gasteiger partial charge on any atom is -0.475 e. The molecule has 0 bridgehead atoms. The van der Waals surface area contributed by atoms with Gasteiger partial charge in [-0.25, -0.2) is 14.4 Å². The van der Waals surface area contributed by atoms with E-state index in [0.717, 1.165) is 53.8 Å². The van der Waals surface area contributed by atoms with E-state index in [4.69, 9.17) is 36.0 Å². The van der Waals surface area contributed by atoms with Gasteiger partial charge in [0.25, 0.3) is 0 Å². The Balaban J connectivity index is 0.000000426. The van der Waals surface area contributed by atoms with Crippen molar-refractivity contribution in [2.45, 2.75) is 44.3 Å². The number of carboxylic acid groups (broad SMARTS) is 1. The minimum atomic E-state index is -5.08. The molecule has 0 unspecified atom stereocenters. The van der Waals surface area contributed by atoms with Gasteiger partial charge >= 0.3 is 12.1 Å². The Hall–Kier alpha value is -4.20. The number of halogens is 3. The van der Waals surface area contributed by atoms with E-state index in [1.807, 2.05) is 36.5 Å². The van der Waals surface area contributed by atoms with E-state index < -0.39 is 12.1 Å². The fourth-order valence-corrected chi connectivity index (χ4v) is 4.40. The van der Waals surface area contributed by atoms with Crippen LogP contribution in [-0.2, 0) is 4.79 Å². The molecule has 202 valence electrons.